The lowest BCUT2D eigenvalue weighted by molar-refractivity contribution is -0.276. The van der Waals surface area contributed by atoms with Crippen molar-refractivity contribution < 1.29 is 44.6 Å². The van der Waals surface area contributed by atoms with Gasteiger partial charge in [0.05, 0.1) is 23.3 Å². The Morgan fingerprint density at radius 3 is 1.22 bits per heavy atom. The van der Waals surface area contributed by atoms with Gasteiger partial charge in [-0.2, -0.15) is 21.0 Å². The number of halogens is 8. The third kappa shape index (κ3) is 5.76. The van der Waals surface area contributed by atoms with Crippen molar-refractivity contribution in [1.29, 1.82) is 21.0 Å². The SMILES string of the molecule is N#CC(C#N)=C1c2cc(C#N)c(-c3ccc(OC(F)(F)F)c(F)c3)cc2-c2cc(-c3ccc(OC(F)(F)F)c(F)c3)c(C#N)cc21. The largest absolute Gasteiger partial charge is 0.573 e. The second-order valence-corrected chi connectivity index (χ2v) is 9.47. The van der Waals surface area contributed by atoms with Gasteiger partial charge >= 0.3 is 12.7 Å². The lowest BCUT2D eigenvalue weighted by atomic mass is 9.92. The molecule has 0 radical (unpaired) electrons. The molecule has 5 rings (SSSR count). The number of allylic oxidation sites excluding steroid dienone is 1. The van der Waals surface area contributed by atoms with E-state index in [1.165, 1.54) is 24.3 Å². The predicted octanol–water partition coefficient (Wildman–Crippen LogP) is 8.67. The van der Waals surface area contributed by atoms with Gasteiger partial charge in [-0.3, -0.25) is 0 Å². The van der Waals surface area contributed by atoms with Crippen molar-refractivity contribution in [2.45, 2.75) is 12.7 Å². The summed E-state index contributed by atoms with van der Waals surface area (Å²) >= 11 is 0. The first-order chi connectivity index (χ1) is 21.7. The molecule has 0 N–H and O–H groups in total. The maximum atomic E-state index is 14.6. The Kier molecular flexibility index (Phi) is 7.61. The van der Waals surface area contributed by atoms with E-state index < -0.39 is 41.4 Å². The lowest BCUT2D eigenvalue weighted by Gasteiger charge is -2.13. The zero-order valence-electron chi connectivity index (χ0n) is 22.4. The molecule has 0 heterocycles. The molecule has 4 aromatic carbocycles. The number of ether oxygens (including phenoxy) is 2. The molecule has 0 aliphatic heterocycles. The van der Waals surface area contributed by atoms with Crippen molar-refractivity contribution in [2.24, 2.45) is 0 Å². The summed E-state index contributed by atoms with van der Waals surface area (Å²) < 4.78 is 113. The smallest absolute Gasteiger partial charge is 0.403 e. The molecule has 14 heteroatoms. The fourth-order valence-electron chi connectivity index (χ4n) is 5.02. The van der Waals surface area contributed by atoms with Crippen molar-refractivity contribution >= 4 is 5.57 Å². The van der Waals surface area contributed by atoms with Crippen LogP contribution in [0.3, 0.4) is 0 Å². The maximum Gasteiger partial charge on any atom is 0.573 e. The van der Waals surface area contributed by atoms with Gasteiger partial charge in [0.2, 0.25) is 0 Å². The van der Waals surface area contributed by atoms with Gasteiger partial charge in [0, 0.05) is 16.7 Å². The zero-order chi connectivity index (χ0) is 33.6. The van der Waals surface area contributed by atoms with Crippen LogP contribution in [0.4, 0.5) is 35.1 Å². The number of benzene rings is 4. The molecule has 6 nitrogen and oxygen atoms in total. The minimum Gasteiger partial charge on any atom is -0.403 e. The molecular weight excluding hydrogens is 624 g/mol. The van der Waals surface area contributed by atoms with E-state index >= 15 is 0 Å². The fourth-order valence-corrected chi connectivity index (χ4v) is 5.02. The molecular formula is C32H10F8N4O2. The molecule has 0 spiro atoms. The number of nitriles is 4. The zero-order valence-corrected chi connectivity index (χ0v) is 22.4. The summed E-state index contributed by atoms with van der Waals surface area (Å²) in [6.45, 7) is 0. The van der Waals surface area contributed by atoms with Crippen LogP contribution in [0.5, 0.6) is 11.5 Å². The summed E-state index contributed by atoms with van der Waals surface area (Å²) in [6.07, 6.45) is -10.3. The quantitative estimate of drug-likeness (QED) is 0.144. The highest BCUT2D eigenvalue weighted by Gasteiger charge is 2.34. The Labute approximate surface area is 253 Å². The Balaban J connectivity index is 1.75. The first-order valence-electron chi connectivity index (χ1n) is 12.5. The van der Waals surface area contributed by atoms with Crippen molar-refractivity contribution in [1.82, 2.24) is 0 Å². The van der Waals surface area contributed by atoms with E-state index in [4.69, 9.17) is 0 Å². The van der Waals surface area contributed by atoms with Crippen molar-refractivity contribution in [3.63, 3.8) is 0 Å². The second kappa shape index (κ2) is 11.3. The van der Waals surface area contributed by atoms with Crippen LogP contribution in [0.15, 0.2) is 66.2 Å². The van der Waals surface area contributed by atoms with Crippen LogP contribution < -0.4 is 9.47 Å². The topological polar surface area (TPSA) is 114 Å². The van der Waals surface area contributed by atoms with Crippen LogP contribution >= 0.6 is 0 Å². The van der Waals surface area contributed by atoms with Crippen molar-refractivity contribution in [3.05, 3.63) is 100 Å². The van der Waals surface area contributed by atoms with E-state index in [0.717, 1.165) is 12.1 Å². The lowest BCUT2D eigenvalue weighted by Crippen LogP contribution is -2.17. The number of nitrogens with zero attached hydrogens (tertiary/aromatic N) is 4. The average Bonchev–Trinajstić information content (AvgIpc) is 3.29. The molecule has 0 amide bonds. The molecule has 4 aromatic rings. The highest BCUT2D eigenvalue weighted by Crippen LogP contribution is 2.50. The number of rotatable bonds is 4. The van der Waals surface area contributed by atoms with Gasteiger partial charge in [-0.1, -0.05) is 12.1 Å². The Hall–Kier alpha value is -6.38. The summed E-state index contributed by atoms with van der Waals surface area (Å²) in [4.78, 5) is 0. The first kappa shape index (κ1) is 31.1. The number of alkyl halides is 6. The molecule has 0 fully saturated rings. The first-order valence-corrected chi connectivity index (χ1v) is 12.5. The van der Waals surface area contributed by atoms with E-state index in [2.05, 4.69) is 9.47 Å². The van der Waals surface area contributed by atoms with E-state index in [1.807, 2.05) is 12.1 Å². The molecule has 0 saturated heterocycles. The van der Waals surface area contributed by atoms with Crippen LogP contribution in [-0.2, 0) is 0 Å². The van der Waals surface area contributed by atoms with Crippen molar-refractivity contribution in [2.75, 3.05) is 0 Å². The van der Waals surface area contributed by atoms with Crippen LogP contribution in [0.25, 0.3) is 39.0 Å². The Bertz CT molecular complexity index is 2010. The minimum atomic E-state index is -5.17. The number of hydrogen-bond acceptors (Lipinski definition) is 6. The number of fused-ring (bicyclic) bond motifs is 3. The summed E-state index contributed by atoms with van der Waals surface area (Å²) in [7, 11) is 0. The number of hydrogen-bond donors (Lipinski definition) is 0. The Morgan fingerprint density at radius 2 is 0.913 bits per heavy atom. The normalized spacial score (nSPS) is 11.8. The highest BCUT2D eigenvalue weighted by atomic mass is 19.4. The molecule has 1 aliphatic carbocycles. The average molecular weight is 634 g/mol. The minimum absolute atomic E-state index is 0.0290. The molecule has 0 saturated carbocycles. The van der Waals surface area contributed by atoms with E-state index in [1.54, 1.807) is 12.1 Å². The molecule has 0 atom stereocenters. The molecule has 226 valence electrons. The van der Waals surface area contributed by atoms with Crippen LogP contribution in [-0.4, -0.2) is 12.7 Å². The molecule has 0 bridgehead atoms. The third-order valence-corrected chi connectivity index (χ3v) is 6.80. The van der Waals surface area contributed by atoms with Gasteiger partial charge in [-0.05, 0) is 81.9 Å². The molecule has 1 aliphatic rings. The van der Waals surface area contributed by atoms with Crippen LogP contribution in [0.2, 0.25) is 0 Å². The predicted molar refractivity (Wildman–Crippen MR) is 143 cm³/mol. The summed E-state index contributed by atoms with van der Waals surface area (Å²) in [5, 5.41) is 39.2. The van der Waals surface area contributed by atoms with Gasteiger partial charge in [0.1, 0.15) is 17.7 Å². The van der Waals surface area contributed by atoms with Gasteiger partial charge in [-0.15, -0.1) is 26.3 Å². The Morgan fingerprint density at radius 1 is 0.522 bits per heavy atom. The monoisotopic (exact) mass is 634 g/mol. The second-order valence-electron chi connectivity index (χ2n) is 9.47. The van der Waals surface area contributed by atoms with Crippen LogP contribution in [0, 0.1) is 57.0 Å². The standard InChI is InChI=1S/C32H10F8N4O2/c33-26-7-15(1-3-28(26)45-31(35,36)37)20-9-22-23-10-21(16-2-4-29(27(34)8-16)46-32(38,39)40)18(12-42)6-25(23)30(19(13-43)14-44)24(22)5-17(20)11-41/h1-10H. The highest BCUT2D eigenvalue weighted by molar-refractivity contribution is 6.07. The van der Waals surface area contributed by atoms with Crippen LogP contribution in [0.1, 0.15) is 22.3 Å². The van der Waals surface area contributed by atoms with Gasteiger partial charge in [0.15, 0.2) is 23.1 Å². The van der Waals surface area contributed by atoms with E-state index in [9.17, 15) is 56.2 Å². The van der Waals surface area contributed by atoms with Gasteiger partial charge in [0.25, 0.3) is 0 Å². The van der Waals surface area contributed by atoms with Gasteiger partial charge in [-0.25, -0.2) is 8.78 Å². The fraction of sp³-hybridized carbons (Fsp3) is 0.0625. The van der Waals surface area contributed by atoms with Crippen molar-refractivity contribution in [3.8, 4) is 69.2 Å². The molecule has 46 heavy (non-hydrogen) atoms. The maximum absolute atomic E-state index is 14.6. The van der Waals surface area contributed by atoms with Gasteiger partial charge < -0.3 is 9.47 Å². The third-order valence-electron chi connectivity index (χ3n) is 6.80. The summed E-state index contributed by atoms with van der Waals surface area (Å²) in [5.74, 6) is -5.02. The van der Waals surface area contributed by atoms with E-state index in [-0.39, 0.29) is 61.2 Å². The molecule has 0 unspecified atom stereocenters. The van der Waals surface area contributed by atoms with E-state index in [0.29, 0.717) is 24.3 Å². The molecule has 0 aromatic heterocycles. The summed E-state index contributed by atoms with van der Waals surface area (Å²) in [5.41, 5.74) is 0.191. The summed E-state index contributed by atoms with van der Waals surface area (Å²) in [6, 6.07) is 17.6.